The molecule has 0 aliphatic rings. The van der Waals surface area contributed by atoms with E-state index in [4.69, 9.17) is 4.74 Å². The fourth-order valence-electron chi connectivity index (χ4n) is 2.16. The molecule has 3 aromatic rings. The van der Waals surface area contributed by atoms with Crippen molar-refractivity contribution in [2.45, 2.75) is 19.4 Å². The van der Waals surface area contributed by atoms with E-state index in [2.05, 4.69) is 31.4 Å². The molecule has 1 aromatic carbocycles. The van der Waals surface area contributed by atoms with E-state index in [-0.39, 0.29) is 5.91 Å². The van der Waals surface area contributed by atoms with Crippen LogP contribution in [-0.4, -0.2) is 31.1 Å². The van der Waals surface area contributed by atoms with Gasteiger partial charge in [0.2, 0.25) is 5.88 Å². The molecule has 25 heavy (non-hydrogen) atoms. The van der Waals surface area contributed by atoms with Crippen LogP contribution in [0, 0.1) is 0 Å². The van der Waals surface area contributed by atoms with E-state index >= 15 is 0 Å². The van der Waals surface area contributed by atoms with Gasteiger partial charge in [0.05, 0.1) is 10.2 Å². The Bertz CT molecular complexity index is 886. The third-order valence-corrected chi connectivity index (χ3v) is 4.06. The summed E-state index contributed by atoms with van der Waals surface area (Å²) in [5.74, 6) is 0.496. The number of carbonyl (C=O) groups excluding carboxylic acids is 1. The van der Waals surface area contributed by atoms with Crippen LogP contribution in [0.1, 0.15) is 13.8 Å². The number of amides is 1. The van der Waals surface area contributed by atoms with Crippen LogP contribution in [0.15, 0.2) is 53.3 Å². The van der Waals surface area contributed by atoms with Crippen molar-refractivity contribution in [2.24, 2.45) is 7.05 Å². The molecule has 0 aliphatic carbocycles. The van der Waals surface area contributed by atoms with Crippen molar-refractivity contribution in [2.75, 3.05) is 5.32 Å². The van der Waals surface area contributed by atoms with Crippen molar-refractivity contribution >= 4 is 27.7 Å². The third kappa shape index (κ3) is 3.90. The lowest BCUT2D eigenvalue weighted by Crippen LogP contribution is -2.42. The van der Waals surface area contributed by atoms with Crippen LogP contribution in [-0.2, 0) is 11.8 Å². The topological polar surface area (TPSA) is 74.0 Å². The van der Waals surface area contributed by atoms with Crippen LogP contribution in [0.5, 0.6) is 5.88 Å². The third-order valence-electron chi connectivity index (χ3n) is 3.51. The smallest absolute Gasteiger partial charge is 0.269 e. The molecule has 1 N–H and O–H groups in total. The summed E-state index contributed by atoms with van der Waals surface area (Å²) in [7, 11) is 1.78. The van der Waals surface area contributed by atoms with Gasteiger partial charge in [0.15, 0.2) is 11.4 Å². The van der Waals surface area contributed by atoms with E-state index < -0.39 is 5.60 Å². The summed E-state index contributed by atoms with van der Waals surface area (Å²) < 4.78 is 9.81. The molecule has 2 aromatic heterocycles. The highest BCUT2D eigenvalue weighted by atomic mass is 79.9. The summed E-state index contributed by atoms with van der Waals surface area (Å²) >= 11 is 3.43. The van der Waals surface area contributed by atoms with Gasteiger partial charge in [-0.25, -0.2) is 4.68 Å². The van der Waals surface area contributed by atoms with Crippen molar-refractivity contribution in [3.8, 4) is 11.6 Å². The van der Waals surface area contributed by atoms with Crippen LogP contribution < -0.4 is 10.1 Å². The van der Waals surface area contributed by atoms with Crippen LogP contribution in [0.2, 0.25) is 0 Å². The van der Waals surface area contributed by atoms with Gasteiger partial charge >= 0.3 is 0 Å². The van der Waals surface area contributed by atoms with Crippen molar-refractivity contribution in [1.82, 2.24) is 19.6 Å². The number of hydrogen-bond donors (Lipinski definition) is 1. The average molecular weight is 404 g/mol. The Morgan fingerprint density at radius 1 is 1.20 bits per heavy atom. The number of para-hydroxylation sites is 1. The number of aromatic nitrogens is 4. The first-order valence-electron chi connectivity index (χ1n) is 7.66. The van der Waals surface area contributed by atoms with Gasteiger partial charge in [0.1, 0.15) is 0 Å². The second-order valence-electron chi connectivity index (χ2n) is 6.00. The molecule has 0 saturated heterocycles. The zero-order valence-corrected chi connectivity index (χ0v) is 15.7. The standard InChI is InChI=1S/C17H18BrN5O2/c1-17(2,16(24)19-14-9-10-22(3)20-14)25-15-13(18)11-23(21-15)12-7-5-4-6-8-12/h4-11H,1-3H3,(H,19,20,24). The number of nitrogens with one attached hydrogen (secondary N) is 1. The molecule has 7 nitrogen and oxygen atoms in total. The highest BCUT2D eigenvalue weighted by Gasteiger charge is 2.32. The van der Waals surface area contributed by atoms with Crippen LogP contribution in [0.3, 0.4) is 0 Å². The number of hydrogen-bond acceptors (Lipinski definition) is 4. The molecule has 130 valence electrons. The number of halogens is 1. The number of nitrogens with zero attached hydrogens (tertiary/aromatic N) is 4. The van der Waals surface area contributed by atoms with Gasteiger partial charge < -0.3 is 10.1 Å². The van der Waals surface area contributed by atoms with E-state index in [0.717, 1.165) is 5.69 Å². The first-order chi connectivity index (χ1) is 11.8. The minimum Gasteiger partial charge on any atom is -0.460 e. The number of aryl methyl sites for hydroxylation is 1. The van der Waals surface area contributed by atoms with Crippen LogP contribution >= 0.6 is 15.9 Å². The Morgan fingerprint density at radius 2 is 1.92 bits per heavy atom. The second-order valence-corrected chi connectivity index (χ2v) is 6.86. The predicted molar refractivity (Wildman–Crippen MR) is 97.8 cm³/mol. The van der Waals surface area contributed by atoms with Gasteiger partial charge in [0.25, 0.3) is 5.91 Å². The Morgan fingerprint density at radius 3 is 2.56 bits per heavy atom. The summed E-state index contributed by atoms with van der Waals surface area (Å²) in [6.07, 6.45) is 3.54. The zero-order valence-electron chi connectivity index (χ0n) is 14.1. The van der Waals surface area contributed by atoms with E-state index in [9.17, 15) is 4.79 Å². The SMILES string of the molecule is Cn1ccc(NC(=O)C(C)(C)Oc2nn(-c3ccccc3)cc2Br)n1. The highest BCUT2D eigenvalue weighted by Crippen LogP contribution is 2.28. The molecule has 0 radical (unpaired) electrons. The fourth-order valence-corrected chi connectivity index (χ4v) is 2.51. The molecule has 0 saturated carbocycles. The molecular formula is C17H18BrN5O2. The average Bonchev–Trinajstić information content (AvgIpc) is 3.14. The first kappa shape index (κ1) is 17.2. The summed E-state index contributed by atoms with van der Waals surface area (Å²) in [6, 6.07) is 11.4. The number of carbonyl (C=O) groups is 1. The summed E-state index contributed by atoms with van der Waals surface area (Å²) in [6.45, 7) is 3.36. The van der Waals surface area contributed by atoms with Gasteiger partial charge in [-0.2, -0.15) is 5.10 Å². The van der Waals surface area contributed by atoms with Gasteiger partial charge in [-0.1, -0.05) is 18.2 Å². The quantitative estimate of drug-likeness (QED) is 0.709. The molecule has 0 spiro atoms. The molecule has 0 aliphatic heterocycles. The predicted octanol–water partition coefficient (Wildman–Crippen LogP) is 3.16. The molecule has 8 heteroatoms. The van der Waals surface area contributed by atoms with E-state index in [1.54, 1.807) is 48.7 Å². The van der Waals surface area contributed by atoms with E-state index in [1.165, 1.54) is 0 Å². The Hall–Kier alpha value is -2.61. The molecular weight excluding hydrogens is 386 g/mol. The molecule has 0 fully saturated rings. The lowest BCUT2D eigenvalue weighted by Gasteiger charge is -2.23. The number of rotatable bonds is 5. The van der Waals surface area contributed by atoms with Crippen molar-refractivity contribution in [3.05, 3.63) is 53.3 Å². The molecule has 2 heterocycles. The van der Waals surface area contributed by atoms with Crippen molar-refractivity contribution in [1.29, 1.82) is 0 Å². The lowest BCUT2D eigenvalue weighted by molar-refractivity contribution is -0.128. The maximum absolute atomic E-state index is 12.5. The Balaban J connectivity index is 1.76. The number of benzene rings is 1. The van der Waals surface area contributed by atoms with E-state index in [1.807, 2.05) is 30.3 Å². The Labute approximate surface area is 153 Å². The summed E-state index contributed by atoms with van der Waals surface area (Å²) in [5, 5.41) is 11.3. The van der Waals surface area contributed by atoms with Crippen LogP contribution in [0.4, 0.5) is 5.82 Å². The second kappa shape index (κ2) is 6.72. The fraction of sp³-hybridized carbons (Fsp3) is 0.235. The lowest BCUT2D eigenvalue weighted by atomic mass is 10.1. The van der Waals surface area contributed by atoms with Gasteiger partial charge in [-0.3, -0.25) is 9.48 Å². The van der Waals surface area contributed by atoms with Gasteiger partial charge in [-0.05, 0) is 41.9 Å². The van der Waals surface area contributed by atoms with E-state index in [0.29, 0.717) is 16.2 Å². The minimum atomic E-state index is -1.13. The maximum atomic E-state index is 12.5. The minimum absolute atomic E-state index is 0.313. The maximum Gasteiger partial charge on any atom is 0.269 e. The molecule has 3 rings (SSSR count). The molecule has 0 bridgehead atoms. The summed E-state index contributed by atoms with van der Waals surface area (Å²) in [5.41, 5.74) is -0.232. The highest BCUT2D eigenvalue weighted by molar-refractivity contribution is 9.10. The van der Waals surface area contributed by atoms with Crippen molar-refractivity contribution in [3.63, 3.8) is 0 Å². The molecule has 1 amide bonds. The monoisotopic (exact) mass is 403 g/mol. The number of anilines is 1. The van der Waals surface area contributed by atoms with Crippen LogP contribution in [0.25, 0.3) is 5.69 Å². The van der Waals surface area contributed by atoms with Gasteiger partial charge in [0, 0.05) is 25.5 Å². The van der Waals surface area contributed by atoms with Crippen molar-refractivity contribution < 1.29 is 9.53 Å². The molecule has 0 unspecified atom stereocenters. The molecule has 0 atom stereocenters. The van der Waals surface area contributed by atoms with Gasteiger partial charge in [-0.15, -0.1) is 5.10 Å². The summed E-state index contributed by atoms with van der Waals surface area (Å²) in [4.78, 5) is 12.5. The largest absolute Gasteiger partial charge is 0.460 e. The Kier molecular flexibility index (Phi) is 4.63. The zero-order chi connectivity index (χ0) is 18.0. The first-order valence-corrected chi connectivity index (χ1v) is 8.45. The normalized spacial score (nSPS) is 11.4. The number of ether oxygens (including phenoxy) is 1.